The minimum atomic E-state index is -0.683. The number of carbonyl (C=O) groups is 1. The van der Waals surface area contributed by atoms with Crippen LogP contribution in [0.1, 0.15) is 25.3 Å². The molecule has 1 aromatic rings. The van der Waals surface area contributed by atoms with Crippen molar-refractivity contribution >= 4 is 17.7 Å². The molecule has 0 radical (unpaired) electrons. The maximum Gasteiger partial charge on any atom is 0.304 e. The van der Waals surface area contributed by atoms with Gasteiger partial charge in [0.05, 0.1) is 6.42 Å². The molecule has 20 heavy (non-hydrogen) atoms. The third-order valence-corrected chi connectivity index (χ3v) is 5.03. The molecule has 0 saturated carbocycles. The summed E-state index contributed by atoms with van der Waals surface area (Å²) in [5.74, 6) is 1.38. The number of hydrogen-bond donors (Lipinski definition) is 1. The lowest BCUT2D eigenvalue weighted by molar-refractivity contribution is -0.138. The van der Waals surface area contributed by atoms with Crippen LogP contribution in [0.25, 0.3) is 0 Å². The Balaban J connectivity index is 1.88. The molecular weight excluding hydrogens is 270 g/mol. The zero-order valence-electron chi connectivity index (χ0n) is 12.0. The van der Waals surface area contributed by atoms with Gasteiger partial charge in [-0.3, -0.25) is 9.69 Å². The van der Waals surface area contributed by atoms with Crippen molar-refractivity contribution in [1.82, 2.24) is 4.90 Å². The summed E-state index contributed by atoms with van der Waals surface area (Å²) in [5.41, 5.74) is 1.36. The lowest BCUT2D eigenvalue weighted by Crippen LogP contribution is -2.48. The van der Waals surface area contributed by atoms with Gasteiger partial charge in [0.15, 0.2) is 0 Å². The summed E-state index contributed by atoms with van der Waals surface area (Å²) in [6.07, 6.45) is 2.42. The zero-order chi connectivity index (χ0) is 14.4. The molecule has 1 aliphatic rings. The summed E-state index contributed by atoms with van der Waals surface area (Å²) >= 11 is 1.88. The molecule has 0 aromatic heterocycles. The molecule has 2 unspecified atom stereocenters. The third-order valence-electron chi connectivity index (χ3n) is 3.94. The van der Waals surface area contributed by atoms with E-state index >= 15 is 0 Å². The topological polar surface area (TPSA) is 40.5 Å². The van der Waals surface area contributed by atoms with Crippen molar-refractivity contribution in [3.05, 3.63) is 35.9 Å². The quantitative estimate of drug-likeness (QED) is 0.875. The maximum atomic E-state index is 11.0. The van der Waals surface area contributed by atoms with Gasteiger partial charge in [0.25, 0.3) is 0 Å². The molecule has 4 heteroatoms. The van der Waals surface area contributed by atoms with E-state index in [1.807, 2.05) is 17.8 Å². The summed E-state index contributed by atoms with van der Waals surface area (Å²) in [6.45, 7) is 3.24. The van der Waals surface area contributed by atoms with Gasteiger partial charge in [-0.15, -0.1) is 0 Å². The van der Waals surface area contributed by atoms with Gasteiger partial charge in [0.1, 0.15) is 0 Å². The van der Waals surface area contributed by atoms with Gasteiger partial charge in [-0.25, -0.2) is 0 Å². The van der Waals surface area contributed by atoms with Crippen molar-refractivity contribution in [3.63, 3.8) is 0 Å². The Bertz CT molecular complexity index is 424. The highest BCUT2D eigenvalue weighted by molar-refractivity contribution is 7.99. The lowest BCUT2D eigenvalue weighted by Gasteiger charge is -2.39. The molecule has 1 N–H and O–H groups in total. The van der Waals surface area contributed by atoms with Gasteiger partial charge in [-0.05, 0) is 25.3 Å². The fraction of sp³-hybridized carbons (Fsp3) is 0.562. The van der Waals surface area contributed by atoms with E-state index < -0.39 is 5.97 Å². The smallest absolute Gasteiger partial charge is 0.304 e. The van der Waals surface area contributed by atoms with E-state index in [9.17, 15) is 4.79 Å². The van der Waals surface area contributed by atoms with E-state index in [1.54, 1.807) is 0 Å². The van der Waals surface area contributed by atoms with Crippen molar-refractivity contribution in [2.75, 3.05) is 18.1 Å². The molecule has 0 aliphatic carbocycles. The van der Waals surface area contributed by atoms with Gasteiger partial charge >= 0.3 is 5.97 Å². The number of rotatable bonds is 6. The Labute approximate surface area is 125 Å². The second-order valence-corrected chi connectivity index (χ2v) is 6.59. The van der Waals surface area contributed by atoms with Gasteiger partial charge in [-0.2, -0.15) is 11.8 Å². The first-order chi connectivity index (χ1) is 9.66. The van der Waals surface area contributed by atoms with Gasteiger partial charge in [0.2, 0.25) is 0 Å². The van der Waals surface area contributed by atoms with Crippen molar-refractivity contribution in [2.45, 2.75) is 38.3 Å². The van der Waals surface area contributed by atoms with Crippen LogP contribution in [0.2, 0.25) is 0 Å². The number of carboxylic acid groups (broad SMARTS) is 1. The molecular formula is C16H23NO2S. The summed E-state index contributed by atoms with van der Waals surface area (Å²) < 4.78 is 0. The summed E-state index contributed by atoms with van der Waals surface area (Å²) in [7, 11) is 0. The number of nitrogens with zero attached hydrogens (tertiary/aromatic N) is 1. The van der Waals surface area contributed by atoms with E-state index in [1.165, 1.54) is 5.56 Å². The van der Waals surface area contributed by atoms with Gasteiger partial charge < -0.3 is 5.11 Å². The Morgan fingerprint density at radius 1 is 1.45 bits per heavy atom. The zero-order valence-corrected chi connectivity index (χ0v) is 12.8. The number of benzene rings is 1. The normalized spacial score (nSPS) is 21.6. The molecule has 2 atom stereocenters. The van der Waals surface area contributed by atoms with Crippen molar-refractivity contribution in [3.8, 4) is 0 Å². The van der Waals surface area contributed by atoms with Crippen LogP contribution in [0.5, 0.6) is 0 Å². The van der Waals surface area contributed by atoms with Crippen LogP contribution in [-0.4, -0.2) is 46.1 Å². The summed E-state index contributed by atoms with van der Waals surface area (Å²) in [5, 5.41) is 9.04. The predicted octanol–water partition coefficient (Wildman–Crippen LogP) is 2.90. The number of aliphatic carboxylic acids is 1. The Kier molecular flexibility index (Phi) is 5.92. The van der Waals surface area contributed by atoms with Crippen LogP contribution in [-0.2, 0) is 11.2 Å². The van der Waals surface area contributed by atoms with E-state index in [0.717, 1.165) is 30.9 Å². The number of hydrogen-bond acceptors (Lipinski definition) is 3. The molecule has 1 aromatic carbocycles. The lowest BCUT2D eigenvalue weighted by atomic mass is 10.0. The molecule has 0 amide bonds. The molecule has 0 spiro atoms. The summed E-state index contributed by atoms with van der Waals surface area (Å²) in [6, 6.07) is 11.1. The van der Waals surface area contributed by atoms with E-state index in [0.29, 0.717) is 6.04 Å². The van der Waals surface area contributed by atoms with E-state index in [-0.39, 0.29) is 12.5 Å². The maximum absolute atomic E-state index is 11.0. The number of thioether (sulfide) groups is 1. The number of aryl methyl sites for hydroxylation is 1. The van der Waals surface area contributed by atoms with E-state index in [2.05, 4.69) is 36.1 Å². The van der Waals surface area contributed by atoms with Crippen LogP contribution in [0.15, 0.2) is 30.3 Å². The van der Waals surface area contributed by atoms with Crippen LogP contribution < -0.4 is 0 Å². The fourth-order valence-corrected chi connectivity index (χ4v) is 3.90. The Morgan fingerprint density at radius 3 is 2.90 bits per heavy atom. The third kappa shape index (κ3) is 4.53. The monoisotopic (exact) mass is 293 g/mol. The molecule has 1 heterocycles. The average Bonchev–Trinajstić information content (AvgIpc) is 2.46. The molecule has 2 rings (SSSR count). The van der Waals surface area contributed by atoms with Crippen LogP contribution in [0.4, 0.5) is 0 Å². The standard InChI is InChI=1S/C16H23NO2S/c1-13(7-8-14-5-3-2-4-6-14)17-9-10-20-12-15(17)11-16(18)19/h2-6,13,15H,7-12H2,1H3,(H,18,19). The minimum Gasteiger partial charge on any atom is -0.481 e. The largest absolute Gasteiger partial charge is 0.481 e. The highest BCUT2D eigenvalue weighted by Crippen LogP contribution is 2.23. The minimum absolute atomic E-state index is 0.192. The molecule has 0 bridgehead atoms. The molecule has 3 nitrogen and oxygen atoms in total. The second kappa shape index (κ2) is 7.70. The Morgan fingerprint density at radius 2 is 2.20 bits per heavy atom. The first kappa shape index (κ1) is 15.4. The molecule has 110 valence electrons. The van der Waals surface area contributed by atoms with Crippen LogP contribution in [0.3, 0.4) is 0 Å². The van der Waals surface area contributed by atoms with Gasteiger partial charge in [-0.1, -0.05) is 30.3 Å². The highest BCUT2D eigenvalue weighted by Gasteiger charge is 2.28. The highest BCUT2D eigenvalue weighted by atomic mass is 32.2. The van der Waals surface area contributed by atoms with E-state index in [4.69, 9.17) is 5.11 Å². The second-order valence-electron chi connectivity index (χ2n) is 5.44. The SMILES string of the molecule is CC(CCc1ccccc1)N1CCSCC1CC(=O)O. The van der Waals surface area contributed by atoms with Crippen LogP contribution in [0, 0.1) is 0 Å². The molecule has 1 aliphatic heterocycles. The van der Waals surface area contributed by atoms with Crippen molar-refractivity contribution in [2.24, 2.45) is 0 Å². The first-order valence-corrected chi connectivity index (χ1v) is 8.41. The van der Waals surface area contributed by atoms with Gasteiger partial charge in [0, 0.05) is 30.1 Å². The molecule has 1 saturated heterocycles. The van der Waals surface area contributed by atoms with Crippen molar-refractivity contribution < 1.29 is 9.90 Å². The van der Waals surface area contributed by atoms with Crippen molar-refractivity contribution in [1.29, 1.82) is 0 Å². The first-order valence-electron chi connectivity index (χ1n) is 7.26. The Hall–Kier alpha value is -1.00. The average molecular weight is 293 g/mol. The van der Waals surface area contributed by atoms with Crippen LogP contribution >= 0.6 is 11.8 Å². The summed E-state index contributed by atoms with van der Waals surface area (Å²) in [4.78, 5) is 13.4. The fourth-order valence-electron chi connectivity index (χ4n) is 2.81. The molecule has 1 fully saturated rings. The predicted molar refractivity (Wildman–Crippen MR) is 84.3 cm³/mol. The number of carboxylic acids is 1.